The SMILES string of the molecule is CC(CNS(=O)(=O)c1ccc(C(C)(C)C)cc1)N(C)C1CC1. The Kier molecular flexibility index (Phi) is 5.00. The molecule has 0 saturated heterocycles. The number of sulfonamides is 1. The van der Waals surface area contributed by atoms with E-state index in [9.17, 15) is 8.42 Å². The zero-order valence-corrected chi connectivity index (χ0v) is 15.1. The number of nitrogens with zero attached hydrogens (tertiary/aromatic N) is 1. The highest BCUT2D eigenvalue weighted by Gasteiger charge is 2.29. The van der Waals surface area contributed by atoms with Crippen LogP contribution in [0.25, 0.3) is 0 Å². The summed E-state index contributed by atoms with van der Waals surface area (Å²) in [6.45, 7) is 8.85. The molecule has 1 aliphatic carbocycles. The number of rotatable bonds is 6. The van der Waals surface area contributed by atoms with Crippen molar-refractivity contribution in [2.24, 2.45) is 0 Å². The van der Waals surface area contributed by atoms with E-state index < -0.39 is 10.0 Å². The number of nitrogens with one attached hydrogen (secondary N) is 1. The molecule has 5 heteroatoms. The maximum Gasteiger partial charge on any atom is 0.240 e. The van der Waals surface area contributed by atoms with Crippen LogP contribution in [0.2, 0.25) is 0 Å². The molecule has 2 rings (SSSR count). The number of benzene rings is 1. The van der Waals surface area contributed by atoms with E-state index in [-0.39, 0.29) is 11.5 Å². The maximum absolute atomic E-state index is 12.4. The van der Waals surface area contributed by atoms with E-state index in [1.54, 1.807) is 12.1 Å². The van der Waals surface area contributed by atoms with Crippen molar-refractivity contribution in [1.29, 1.82) is 0 Å². The molecule has 0 aromatic heterocycles. The molecule has 1 N–H and O–H groups in total. The molecule has 0 amide bonds. The van der Waals surface area contributed by atoms with Gasteiger partial charge in [-0.1, -0.05) is 32.9 Å². The Morgan fingerprint density at radius 3 is 2.23 bits per heavy atom. The highest BCUT2D eigenvalue weighted by molar-refractivity contribution is 7.89. The normalized spacial score (nSPS) is 17.7. The van der Waals surface area contributed by atoms with Crippen LogP contribution in [0.4, 0.5) is 0 Å². The van der Waals surface area contributed by atoms with E-state index in [0.717, 1.165) is 5.56 Å². The number of likely N-dealkylation sites (N-methyl/N-ethyl adjacent to an activating group) is 1. The van der Waals surface area contributed by atoms with Gasteiger partial charge in [-0.2, -0.15) is 0 Å². The molecule has 0 spiro atoms. The lowest BCUT2D eigenvalue weighted by Gasteiger charge is -2.24. The summed E-state index contributed by atoms with van der Waals surface area (Å²) in [6, 6.07) is 8.01. The van der Waals surface area contributed by atoms with Crippen molar-refractivity contribution in [2.75, 3.05) is 13.6 Å². The lowest BCUT2D eigenvalue weighted by molar-refractivity contribution is 0.248. The van der Waals surface area contributed by atoms with Gasteiger partial charge in [0.25, 0.3) is 0 Å². The fourth-order valence-electron chi connectivity index (χ4n) is 2.43. The summed E-state index contributed by atoms with van der Waals surface area (Å²) in [4.78, 5) is 2.59. The third kappa shape index (κ3) is 4.31. The van der Waals surface area contributed by atoms with Gasteiger partial charge in [-0.3, -0.25) is 4.90 Å². The van der Waals surface area contributed by atoms with Gasteiger partial charge in [-0.25, -0.2) is 13.1 Å². The van der Waals surface area contributed by atoms with Gasteiger partial charge < -0.3 is 0 Å². The zero-order valence-electron chi connectivity index (χ0n) is 14.3. The molecule has 1 unspecified atom stereocenters. The molecule has 0 radical (unpaired) electrons. The van der Waals surface area contributed by atoms with E-state index >= 15 is 0 Å². The average molecular weight is 324 g/mol. The predicted molar refractivity (Wildman–Crippen MR) is 90.6 cm³/mol. The summed E-state index contributed by atoms with van der Waals surface area (Å²) < 4.78 is 27.5. The third-order valence-corrected chi connectivity index (χ3v) is 5.86. The monoisotopic (exact) mass is 324 g/mol. The molecule has 1 aliphatic rings. The lowest BCUT2D eigenvalue weighted by Crippen LogP contribution is -2.41. The molecule has 1 atom stereocenters. The van der Waals surface area contributed by atoms with Gasteiger partial charge in [-0.15, -0.1) is 0 Å². The summed E-state index contributed by atoms with van der Waals surface area (Å²) in [5.41, 5.74) is 1.16. The van der Waals surface area contributed by atoms with Gasteiger partial charge in [-0.05, 0) is 49.9 Å². The Labute approximate surface area is 135 Å². The summed E-state index contributed by atoms with van der Waals surface area (Å²) in [7, 11) is -1.37. The fourth-order valence-corrected chi connectivity index (χ4v) is 3.56. The van der Waals surface area contributed by atoms with Gasteiger partial charge >= 0.3 is 0 Å². The van der Waals surface area contributed by atoms with Crippen molar-refractivity contribution in [1.82, 2.24) is 9.62 Å². The molecule has 1 fully saturated rings. The Hall–Kier alpha value is -0.910. The first kappa shape index (κ1) is 17.4. The van der Waals surface area contributed by atoms with Gasteiger partial charge in [0.2, 0.25) is 10.0 Å². The summed E-state index contributed by atoms with van der Waals surface area (Å²) in [6.07, 6.45) is 2.45. The second-order valence-corrected chi connectivity index (χ2v) is 9.14. The Balaban J connectivity index is 2.00. The molecular formula is C17H28N2O2S. The van der Waals surface area contributed by atoms with Crippen molar-refractivity contribution < 1.29 is 8.42 Å². The van der Waals surface area contributed by atoms with Gasteiger partial charge in [0.1, 0.15) is 0 Å². The molecule has 124 valence electrons. The molecule has 0 bridgehead atoms. The number of hydrogen-bond donors (Lipinski definition) is 1. The second kappa shape index (κ2) is 6.30. The van der Waals surface area contributed by atoms with Gasteiger partial charge in [0.05, 0.1) is 4.90 Å². The van der Waals surface area contributed by atoms with Crippen molar-refractivity contribution in [3.05, 3.63) is 29.8 Å². The van der Waals surface area contributed by atoms with Crippen LogP contribution in [0, 0.1) is 0 Å². The Morgan fingerprint density at radius 2 is 1.77 bits per heavy atom. The number of hydrogen-bond acceptors (Lipinski definition) is 3. The standard InChI is InChI=1S/C17H28N2O2S/c1-13(19(5)15-8-9-15)12-18-22(20,21)16-10-6-14(7-11-16)17(2,3)4/h6-7,10-11,13,15,18H,8-9,12H2,1-5H3. The van der Waals surface area contributed by atoms with Crippen LogP contribution >= 0.6 is 0 Å². The summed E-state index contributed by atoms with van der Waals surface area (Å²) in [5, 5.41) is 0. The topological polar surface area (TPSA) is 49.4 Å². The van der Waals surface area contributed by atoms with Gasteiger partial charge in [0.15, 0.2) is 0 Å². The van der Waals surface area contributed by atoms with Crippen LogP contribution in [-0.4, -0.2) is 39.0 Å². The molecule has 4 nitrogen and oxygen atoms in total. The molecule has 0 aliphatic heterocycles. The molecular weight excluding hydrogens is 296 g/mol. The van der Waals surface area contributed by atoms with Crippen molar-refractivity contribution in [2.45, 2.75) is 62.9 Å². The van der Waals surface area contributed by atoms with Crippen molar-refractivity contribution in [3.63, 3.8) is 0 Å². The first-order chi connectivity index (χ1) is 10.1. The van der Waals surface area contributed by atoms with Crippen LogP contribution in [0.3, 0.4) is 0 Å². The minimum atomic E-state index is -3.43. The van der Waals surface area contributed by atoms with Crippen LogP contribution in [-0.2, 0) is 15.4 Å². The van der Waals surface area contributed by atoms with E-state index in [4.69, 9.17) is 0 Å². The quantitative estimate of drug-likeness (QED) is 0.875. The Bertz CT molecular complexity index is 599. The zero-order chi connectivity index (χ0) is 16.5. The fraction of sp³-hybridized carbons (Fsp3) is 0.647. The minimum absolute atomic E-state index is 0.0250. The largest absolute Gasteiger partial charge is 0.299 e. The first-order valence-corrected chi connectivity index (χ1v) is 9.42. The van der Waals surface area contributed by atoms with Crippen LogP contribution < -0.4 is 4.72 Å². The van der Waals surface area contributed by atoms with E-state index in [1.807, 2.05) is 12.1 Å². The van der Waals surface area contributed by atoms with Crippen LogP contribution in [0.5, 0.6) is 0 Å². The Morgan fingerprint density at radius 1 is 1.23 bits per heavy atom. The molecule has 22 heavy (non-hydrogen) atoms. The maximum atomic E-state index is 12.4. The van der Waals surface area contributed by atoms with Gasteiger partial charge in [0, 0.05) is 18.6 Å². The molecule has 1 aromatic rings. The van der Waals surface area contributed by atoms with Crippen molar-refractivity contribution in [3.8, 4) is 0 Å². The highest BCUT2D eigenvalue weighted by Crippen LogP contribution is 2.27. The van der Waals surface area contributed by atoms with E-state index in [2.05, 4.69) is 44.4 Å². The molecule has 1 saturated carbocycles. The van der Waals surface area contributed by atoms with Crippen molar-refractivity contribution >= 4 is 10.0 Å². The highest BCUT2D eigenvalue weighted by atomic mass is 32.2. The average Bonchev–Trinajstić information content (AvgIpc) is 3.28. The summed E-state index contributed by atoms with van der Waals surface area (Å²) >= 11 is 0. The first-order valence-electron chi connectivity index (χ1n) is 7.93. The molecule has 1 aromatic carbocycles. The van der Waals surface area contributed by atoms with Crippen LogP contribution in [0.15, 0.2) is 29.2 Å². The van der Waals surface area contributed by atoms with E-state index in [0.29, 0.717) is 17.5 Å². The molecule has 0 heterocycles. The van der Waals surface area contributed by atoms with Crippen LogP contribution in [0.1, 0.15) is 46.1 Å². The van der Waals surface area contributed by atoms with E-state index in [1.165, 1.54) is 12.8 Å². The lowest BCUT2D eigenvalue weighted by atomic mass is 9.87. The summed E-state index contributed by atoms with van der Waals surface area (Å²) in [5.74, 6) is 0. The smallest absolute Gasteiger partial charge is 0.240 e. The minimum Gasteiger partial charge on any atom is -0.299 e. The second-order valence-electron chi connectivity index (χ2n) is 7.37. The third-order valence-electron chi connectivity index (χ3n) is 4.42. The predicted octanol–water partition coefficient (Wildman–Crippen LogP) is 2.75.